The zero-order valence-electron chi connectivity index (χ0n) is 14.6. The van der Waals surface area contributed by atoms with Crippen LogP contribution >= 0.6 is 11.8 Å². The Morgan fingerprint density at radius 1 is 1.08 bits per heavy atom. The van der Waals surface area contributed by atoms with Crippen molar-refractivity contribution in [1.82, 2.24) is 15.3 Å². The molecule has 3 aromatic rings. The molecule has 26 heavy (non-hydrogen) atoms. The lowest BCUT2D eigenvalue weighted by Gasteiger charge is -2.17. The number of benzene rings is 1. The summed E-state index contributed by atoms with van der Waals surface area (Å²) in [6.07, 6.45) is 6.14. The molecule has 3 rings (SSSR count). The van der Waals surface area contributed by atoms with E-state index in [1.54, 1.807) is 30.4 Å². The van der Waals surface area contributed by atoms with Gasteiger partial charge in [-0.2, -0.15) is 0 Å². The number of thioether (sulfide) groups is 1. The molecular weight excluding hydrogens is 342 g/mol. The summed E-state index contributed by atoms with van der Waals surface area (Å²) >= 11 is 1.68. The molecular formula is C21H21N3OS. The maximum atomic E-state index is 12.5. The quantitative estimate of drug-likeness (QED) is 0.621. The van der Waals surface area contributed by atoms with Crippen LogP contribution in [0.2, 0.25) is 0 Å². The smallest absolute Gasteiger partial charge is 0.251 e. The van der Waals surface area contributed by atoms with Crippen LogP contribution in [0.15, 0.2) is 78.2 Å². The molecule has 1 unspecified atom stereocenters. The highest BCUT2D eigenvalue weighted by Crippen LogP contribution is 2.21. The van der Waals surface area contributed by atoms with Crippen molar-refractivity contribution >= 4 is 17.7 Å². The maximum absolute atomic E-state index is 12.5. The fraction of sp³-hybridized carbons (Fsp3) is 0.190. The number of carbonyl (C=O) groups is 1. The van der Waals surface area contributed by atoms with Gasteiger partial charge in [-0.1, -0.05) is 31.2 Å². The van der Waals surface area contributed by atoms with Crippen LogP contribution in [0.1, 0.15) is 40.9 Å². The number of hydrogen-bond acceptors (Lipinski definition) is 4. The fourth-order valence-electron chi connectivity index (χ4n) is 2.59. The summed E-state index contributed by atoms with van der Waals surface area (Å²) in [5.41, 5.74) is 2.85. The summed E-state index contributed by atoms with van der Waals surface area (Å²) in [7, 11) is 0. The highest BCUT2D eigenvalue weighted by Gasteiger charge is 2.14. The number of amides is 1. The molecule has 0 saturated carbocycles. The minimum Gasteiger partial charge on any atom is -0.345 e. The van der Waals surface area contributed by atoms with Crippen molar-refractivity contribution in [1.29, 1.82) is 0 Å². The van der Waals surface area contributed by atoms with Crippen molar-refractivity contribution in [2.45, 2.75) is 30.2 Å². The van der Waals surface area contributed by atoms with Gasteiger partial charge in [0.1, 0.15) is 0 Å². The predicted octanol–water partition coefficient (Wildman–Crippen LogP) is 4.65. The lowest BCUT2D eigenvalue weighted by Crippen LogP contribution is -2.28. The monoisotopic (exact) mass is 363 g/mol. The molecule has 2 aromatic heterocycles. The number of nitrogens with one attached hydrogen (secondary N) is 1. The number of nitrogens with zero attached hydrogens (tertiary/aromatic N) is 2. The molecule has 132 valence electrons. The molecule has 1 amide bonds. The largest absolute Gasteiger partial charge is 0.345 e. The molecule has 0 spiro atoms. The topological polar surface area (TPSA) is 54.9 Å². The van der Waals surface area contributed by atoms with E-state index in [-0.39, 0.29) is 11.9 Å². The van der Waals surface area contributed by atoms with Gasteiger partial charge in [0.2, 0.25) is 0 Å². The number of pyridine rings is 2. The van der Waals surface area contributed by atoms with Gasteiger partial charge in [0.05, 0.1) is 11.1 Å². The third-order valence-electron chi connectivity index (χ3n) is 4.04. The Hall–Kier alpha value is -2.66. The van der Waals surface area contributed by atoms with Crippen LogP contribution in [0.3, 0.4) is 0 Å². The average molecular weight is 363 g/mol. The number of aromatic nitrogens is 2. The molecule has 0 aliphatic heterocycles. The average Bonchev–Trinajstić information content (AvgIpc) is 2.72. The van der Waals surface area contributed by atoms with Gasteiger partial charge in [0.25, 0.3) is 5.91 Å². The van der Waals surface area contributed by atoms with E-state index in [4.69, 9.17) is 0 Å². The Kier molecular flexibility index (Phi) is 6.39. The zero-order valence-corrected chi connectivity index (χ0v) is 15.4. The summed E-state index contributed by atoms with van der Waals surface area (Å²) < 4.78 is 0. The van der Waals surface area contributed by atoms with Crippen molar-refractivity contribution in [3.8, 4) is 0 Å². The Morgan fingerprint density at radius 3 is 2.58 bits per heavy atom. The molecule has 0 radical (unpaired) electrons. The molecule has 0 aliphatic rings. The molecule has 0 bridgehead atoms. The first-order valence-electron chi connectivity index (χ1n) is 8.60. The van der Waals surface area contributed by atoms with Crippen LogP contribution < -0.4 is 5.32 Å². The Bertz CT molecular complexity index is 823. The van der Waals surface area contributed by atoms with E-state index in [2.05, 4.69) is 22.2 Å². The van der Waals surface area contributed by atoms with Gasteiger partial charge in [0.15, 0.2) is 0 Å². The Labute approximate surface area is 158 Å². The van der Waals surface area contributed by atoms with E-state index >= 15 is 0 Å². The van der Waals surface area contributed by atoms with Gasteiger partial charge in [-0.05, 0) is 47.9 Å². The Balaban J connectivity index is 1.59. The van der Waals surface area contributed by atoms with Gasteiger partial charge >= 0.3 is 0 Å². The normalized spacial score (nSPS) is 11.7. The first-order valence-corrected chi connectivity index (χ1v) is 9.58. The number of rotatable bonds is 7. The number of hydrogen-bond donors (Lipinski definition) is 1. The molecule has 0 saturated heterocycles. The summed E-state index contributed by atoms with van der Waals surface area (Å²) in [5, 5.41) is 4.08. The van der Waals surface area contributed by atoms with Gasteiger partial charge in [-0.15, -0.1) is 11.8 Å². The second-order valence-electron chi connectivity index (χ2n) is 5.87. The minimum absolute atomic E-state index is 0.0319. The van der Waals surface area contributed by atoms with Gasteiger partial charge in [-0.25, -0.2) is 4.98 Å². The SMILES string of the molecule is CCC(NC(=O)c1ccc(CSc2ccccn2)cc1)c1cccnc1. The third kappa shape index (κ3) is 4.92. The second-order valence-corrected chi connectivity index (χ2v) is 6.87. The van der Waals surface area contributed by atoms with Crippen LogP contribution in [0, 0.1) is 0 Å². The van der Waals surface area contributed by atoms with Crippen molar-refractivity contribution in [3.05, 3.63) is 89.9 Å². The van der Waals surface area contributed by atoms with Crippen molar-refractivity contribution in [2.75, 3.05) is 0 Å². The fourth-order valence-corrected chi connectivity index (χ4v) is 3.40. The lowest BCUT2D eigenvalue weighted by molar-refractivity contribution is 0.0935. The van der Waals surface area contributed by atoms with Crippen LogP contribution in [0.5, 0.6) is 0 Å². The molecule has 1 N–H and O–H groups in total. The van der Waals surface area contributed by atoms with E-state index in [1.165, 1.54) is 0 Å². The standard InChI is InChI=1S/C21H21N3OS/c1-2-19(18-6-5-12-22-14-18)24-21(25)17-10-8-16(9-11-17)15-26-20-7-3-4-13-23-20/h3-14,19H,2,15H2,1H3,(H,24,25). The first-order chi connectivity index (χ1) is 12.8. The molecule has 0 fully saturated rings. The van der Waals surface area contributed by atoms with Crippen molar-refractivity contribution in [2.24, 2.45) is 0 Å². The van der Waals surface area contributed by atoms with E-state index in [0.717, 1.165) is 28.3 Å². The third-order valence-corrected chi connectivity index (χ3v) is 5.06. The zero-order chi connectivity index (χ0) is 18.2. The molecule has 1 atom stereocenters. The lowest BCUT2D eigenvalue weighted by atomic mass is 10.1. The molecule has 2 heterocycles. The number of carbonyl (C=O) groups excluding carboxylic acids is 1. The summed E-state index contributed by atoms with van der Waals surface area (Å²) in [6, 6.07) is 17.5. The molecule has 0 aliphatic carbocycles. The van der Waals surface area contributed by atoms with Crippen LogP contribution in [-0.4, -0.2) is 15.9 Å². The van der Waals surface area contributed by atoms with Gasteiger partial charge < -0.3 is 5.32 Å². The highest BCUT2D eigenvalue weighted by molar-refractivity contribution is 7.98. The van der Waals surface area contributed by atoms with E-state index in [0.29, 0.717) is 5.56 Å². The Morgan fingerprint density at radius 2 is 1.92 bits per heavy atom. The van der Waals surface area contributed by atoms with Crippen LogP contribution in [-0.2, 0) is 5.75 Å². The predicted molar refractivity (Wildman–Crippen MR) is 105 cm³/mol. The highest BCUT2D eigenvalue weighted by atomic mass is 32.2. The van der Waals surface area contributed by atoms with E-state index < -0.39 is 0 Å². The van der Waals surface area contributed by atoms with Crippen LogP contribution in [0.25, 0.3) is 0 Å². The summed E-state index contributed by atoms with van der Waals surface area (Å²) in [6.45, 7) is 2.05. The minimum atomic E-state index is -0.0652. The second kappa shape index (κ2) is 9.15. The van der Waals surface area contributed by atoms with Crippen molar-refractivity contribution in [3.63, 3.8) is 0 Å². The summed E-state index contributed by atoms with van der Waals surface area (Å²) in [5.74, 6) is 0.760. The molecule has 1 aromatic carbocycles. The molecule has 4 nitrogen and oxygen atoms in total. The van der Waals surface area contributed by atoms with Gasteiger partial charge in [0, 0.05) is 29.9 Å². The van der Waals surface area contributed by atoms with Gasteiger partial charge in [-0.3, -0.25) is 9.78 Å². The maximum Gasteiger partial charge on any atom is 0.251 e. The van der Waals surface area contributed by atoms with Crippen LogP contribution in [0.4, 0.5) is 0 Å². The first kappa shape index (κ1) is 18.1. The van der Waals surface area contributed by atoms with E-state index in [1.807, 2.05) is 54.6 Å². The molecule has 5 heteroatoms. The van der Waals surface area contributed by atoms with Crippen molar-refractivity contribution < 1.29 is 4.79 Å². The summed E-state index contributed by atoms with van der Waals surface area (Å²) in [4.78, 5) is 21.0. The van der Waals surface area contributed by atoms with E-state index in [9.17, 15) is 4.79 Å².